The zero-order chi connectivity index (χ0) is 68.4. The van der Waals surface area contributed by atoms with E-state index in [1.807, 2.05) is 125 Å². The van der Waals surface area contributed by atoms with Gasteiger partial charge in [0.25, 0.3) is 20.0 Å². The number of imidazole rings is 1. The van der Waals surface area contributed by atoms with Crippen molar-refractivity contribution < 1.29 is 60.5 Å². The zero-order valence-corrected chi connectivity index (χ0v) is 56.5. The standard InChI is InChI=1S/C68H79N11O15P2/c1-45(2)23-32-59(80)71-33-17-20-49-40-77(67(83)76-66(49)82)60-38-55(93-95(88-36-34-69-7)79(46(3)4)47(5)6)58(92-60)42-90-96(84,89-37-35-70-8)94-56-39-61(78-44-74-62-63(72-43-73-64(62)78)75-65(81)48-18-13-11-14-19-48)91-57(56)41-87-68(50-21-15-12-16-22-50,51-24-28-53(85-9)29-25-51)52-26-30-54(86-10)31-27-52/h11-16,18-19,21-22,24-31,40,43-47,55-58,60-61H,23,32-39,41-42H2,1-6,9-10H3,(H,71,80)(H,76,82,83)(H,72,73,75,81)/t55-,56-,57-,58-,60-,61-,95?,96?/m1/s1. The minimum atomic E-state index is -4.90. The summed E-state index contributed by atoms with van der Waals surface area (Å²) in [4.78, 5) is 75.9. The molecule has 96 heavy (non-hydrogen) atoms. The Hall–Kier alpha value is -8.51. The number of ether oxygens (including phenoxy) is 5. The van der Waals surface area contributed by atoms with E-state index in [2.05, 4.69) is 52.1 Å². The average Bonchev–Trinajstić information content (AvgIpc) is 1.00. The molecule has 9 rings (SSSR count). The second kappa shape index (κ2) is 33.9. The van der Waals surface area contributed by atoms with Crippen LogP contribution in [0.2, 0.25) is 0 Å². The van der Waals surface area contributed by atoms with Crippen LogP contribution in [0, 0.1) is 30.9 Å². The van der Waals surface area contributed by atoms with Gasteiger partial charge in [-0.1, -0.05) is 98.5 Å². The van der Waals surface area contributed by atoms with Crippen molar-refractivity contribution in [1.29, 1.82) is 0 Å². The average molecular weight is 1350 g/mol. The third kappa shape index (κ3) is 17.9. The molecule has 2 amide bonds. The van der Waals surface area contributed by atoms with Gasteiger partial charge in [-0.15, -0.1) is 0 Å². The summed E-state index contributed by atoms with van der Waals surface area (Å²) in [6, 6.07) is 32.9. The summed E-state index contributed by atoms with van der Waals surface area (Å²) < 4.78 is 85.3. The number of amides is 2. The Bertz CT molecular complexity index is 4000. The van der Waals surface area contributed by atoms with Crippen molar-refractivity contribution in [2.75, 3.05) is 65.6 Å². The maximum atomic E-state index is 15.9. The quantitative estimate of drug-likeness (QED) is 0.0116. The molecule has 0 aliphatic carbocycles. The fourth-order valence-corrected chi connectivity index (χ4v) is 14.2. The van der Waals surface area contributed by atoms with Crippen molar-refractivity contribution in [3.05, 3.63) is 200 Å². The first kappa shape index (κ1) is 71.8. The lowest BCUT2D eigenvalue weighted by molar-refractivity contribution is -0.121. The monoisotopic (exact) mass is 1350 g/mol. The van der Waals surface area contributed by atoms with Gasteiger partial charge in [0.05, 0.1) is 46.4 Å². The highest BCUT2D eigenvalue weighted by molar-refractivity contribution is 7.48. The number of H-pyrrole nitrogens is 1. The van der Waals surface area contributed by atoms with Crippen LogP contribution in [0.15, 0.2) is 138 Å². The number of phosphoric acid groups is 1. The van der Waals surface area contributed by atoms with Crippen molar-refractivity contribution >= 4 is 45.1 Å². The number of aromatic nitrogens is 6. The second-order valence-corrected chi connectivity index (χ2v) is 26.4. The zero-order valence-electron chi connectivity index (χ0n) is 54.7. The van der Waals surface area contributed by atoms with E-state index < -0.39 is 89.2 Å². The van der Waals surface area contributed by atoms with Gasteiger partial charge in [-0.05, 0) is 93.1 Å². The first-order chi connectivity index (χ1) is 46.4. The molecule has 5 heterocycles. The number of aromatic amines is 1. The topological polar surface area (TPSA) is 278 Å². The van der Waals surface area contributed by atoms with Crippen LogP contribution in [0.3, 0.4) is 0 Å². The molecule has 506 valence electrons. The first-order valence-corrected chi connectivity index (χ1v) is 34.0. The first-order valence-electron chi connectivity index (χ1n) is 31.4. The van der Waals surface area contributed by atoms with Crippen LogP contribution >= 0.6 is 16.3 Å². The number of fused-ring (bicyclic) bond motifs is 1. The molecule has 2 aliphatic rings. The third-order valence-electron chi connectivity index (χ3n) is 15.8. The lowest BCUT2D eigenvalue weighted by Crippen LogP contribution is -2.38. The van der Waals surface area contributed by atoms with Crippen LogP contribution in [-0.2, 0) is 51.8 Å². The van der Waals surface area contributed by atoms with E-state index in [0.29, 0.717) is 46.9 Å². The van der Waals surface area contributed by atoms with Crippen LogP contribution in [-0.4, -0.2) is 142 Å². The Labute approximate surface area is 558 Å². The van der Waals surface area contributed by atoms with Gasteiger partial charge in [0.1, 0.15) is 73.0 Å². The number of nitrogens with one attached hydrogen (secondary N) is 3. The van der Waals surface area contributed by atoms with Crippen LogP contribution in [0.1, 0.15) is 112 Å². The summed E-state index contributed by atoms with van der Waals surface area (Å²) in [5, 5.41) is 5.58. The highest BCUT2D eigenvalue weighted by Gasteiger charge is 2.49. The number of nitrogens with zero attached hydrogens (tertiary/aromatic N) is 8. The van der Waals surface area contributed by atoms with E-state index in [0.717, 1.165) is 10.1 Å². The van der Waals surface area contributed by atoms with Crippen molar-refractivity contribution in [3.8, 4) is 23.3 Å². The molecule has 26 nitrogen and oxygen atoms in total. The van der Waals surface area contributed by atoms with E-state index in [1.165, 1.54) is 18.9 Å². The summed E-state index contributed by atoms with van der Waals surface area (Å²) in [5.41, 5.74) is -0.0333. The molecule has 7 aromatic rings. The summed E-state index contributed by atoms with van der Waals surface area (Å²) in [6.07, 6.45) is -1.73. The summed E-state index contributed by atoms with van der Waals surface area (Å²) in [5.74, 6) is 6.61. The van der Waals surface area contributed by atoms with Crippen LogP contribution < -0.4 is 31.4 Å². The lowest BCUT2D eigenvalue weighted by atomic mass is 9.80. The summed E-state index contributed by atoms with van der Waals surface area (Å²) >= 11 is 0. The van der Waals surface area contributed by atoms with Crippen molar-refractivity contribution in [2.45, 2.75) is 122 Å². The molecule has 3 N–H and O–H groups in total. The molecule has 28 heteroatoms. The Morgan fingerprint density at radius 3 is 2.01 bits per heavy atom. The number of methoxy groups -OCH3 is 2. The molecule has 8 atom stereocenters. The van der Waals surface area contributed by atoms with Crippen molar-refractivity contribution in [3.63, 3.8) is 0 Å². The van der Waals surface area contributed by atoms with Gasteiger partial charge in [-0.2, -0.15) is 0 Å². The molecule has 0 radical (unpaired) electrons. The largest absolute Gasteiger partial charge is 0.497 e. The Balaban J connectivity index is 1.08. The van der Waals surface area contributed by atoms with Gasteiger partial charge >= 0.3 is 13.5 Å². The molecule has 3 aromatic heterocycles. The van der Waals surface area contributed by atoms with Crippen LogP contribution in [0.25, 0.3) is 20.9 Å². The Kier molecular flexibility index (Phi) is 25.4. The van der Waals surface area contributed by atoms with Crippen molar-refractivity contribution in [1.82, 2.24) is 39.1 Å². The lowest BCUT2D eigenvalue weighted by Gasteiger charge is -2.37. The maximum absolute atomic E-state index is 15.9. The molecule has 2 aliphatic heterocycles. The SMILES string of the molecule is [C-]#[N+]CCOP(O[C@@H]1C[C@H](n2cc(C#CCNC(=O)CCC(C)C)c(=O)[nH]c2=O)O[C@@H]1COP(=O)(OCC[N+]#[C-])O[C@@H]1C[C@H](n2cnc3c(NC(=O)c4ccccc4)ncnc32)O[C@@H]1COC(c1ccccc1)(c1ccc(OC)cc1)c1ccc(OC)cc1)N(C(C)C)C(C)C. The number of hydrogen-bond acceptors (Lipinski definition) is 19. The van der Waals surface area contributed by atoms with E-state index in [4.69, 9.17) is 59.4 Å². The molecule has 0 spiro atoms. The number of benzene rings is 4. The maximum Gasteiger partial charge on any atom is 0.475 e. The predicted octanol–water partition coefficient (Wildman–Crippen LogP) is 10.2. The number of phosphoric ester groups is 1. The molecule has 4 aromatic carbocycles. The van der Waals surface area contributed by atoms with E-state index in [-0.39, 0.29) is 86.2 Å². The minimum Gasteiger partial charge on any atom is -0.497 e. The highest BCUT2D eigenvalue weighted by atomic mass is 31.2. The summed E-state index contributed by atoms with van der Waals surface area (Å²) in [6.45, 7) is 25.6. The van der Waals surface area contributed by atoms with E-state index in [1.54, 1.807) is 49.1 Å². The number of carbonyl (C=O) groups excluding carboxylic acids is 2. The minimum absolute atomic E-state index is 0.0244. The summed E-state index contributed by atoms with van der Waals surface area (Å²) in [7, 11) is -3.71. The fourth-order valence-electron chi connectivity index (χ4n) is 11.1. The molecular weight excluding hydrogens is 1270 g/mol. The Morgan fingerprint density at radius 1 is 0.781 bits per heavy atom. The molecule has 2 unspecified atom stereocenters. The number of anilines is 1. The predicted molar refractivity (Wildman–Crippen MR) is 357 cm³/mol. The molecule has 2 fully saturated rings. The number of rotatable bonds is 32. The van der Waals surface area contributed by atoms with E-state index in [9.17, 15) is 19.2 Å². The third-order valence-corrected chi connectivity index (χ3v) is 19.4. The molecule has 0 bridgehead atoms. The molecule has 2 saturated heterocycles. The van der Waals surface area contributed by atoms with E-state index >= 15 is 4.57 Å². The van der Waals surface area contributed by atoms with Crippen LogP contribution in [0.4, 0.5) is 5.82 Å². The second-order valence-electron chi connectivity index (χ2n) is 23.4. The molecular formula is C68H79N11O15P2. The molecule has 0 saturated carbocycles. The highest BCUT2D eigenvalue weighted by Crippen LogP contribution is 2.56. The van der Waals surface area contributed by atoms with Gasteiger partial charge < -0.3 is 53.1 Å². The Morgan fingerprint density at radius 2 is 1.39 bits per heavy atom. The number of carbonyl (C=O) groups is 2. The van der Waals surface area contributed by atoms with Gasteiger partial charge in [0.2, 0.25) is 19.0 Å². The smallest absolute Gasteiger partial charge is 0.475 e. The van der Waals surface area contributed by atoms with Crippen molar-refractivity contribution in [2.24, 2.45) is 5.92 Å². The fraction of sp³-hybridized carbons (Fsp3) is 0.426. The van der Waals surface area contributed by atoms with Gasteiger partial charge in [0, 0.05) is 43.1 Å². The van der Waals surface area contributed by atoms with Crippen LogP contribution in [0.5, 0.6) is 11.5 Å². The van der Waals surface area contributed by atoms with Gasteiger partial charge in [-0.25, -0.2) is 42.1 Å². The number of hydrogen-bond donors (Lipinski definition) is 3. The van der Waals surface area contributed by atoms with Gasteiger partial charge in [0.15, 0.2) is 17.0 Å². The van der Waals surface area contributed by atoms with Gasteiger partial charge in [-0.3, -0.25) is 42.1 Å². The normalized spacial score (nSPS) is 18.8.